The fraction of sp³-hybridized carbons (Fsp3) is 0.588. The number of piperidine rings is 1. The normalized spacial score (nSPS) is 22.2. The van der Waals surface area contributed by atoms with Crippen molar-refractivity contribution >= 4 is 29.9 Å². The Balaban J connectivity index is 0.00000208. The van der Waals surface area contributed by atoms with Crippen LogP contribution in [0.5, 0.6) is 5.75 Å². The van der Waals surface area contributed by atoms with Gasteiger partial charge in [-0.05, 0) is 43.1 Å². The van der Waals surface area contributed by atoms with Gasteiger partial charge >= 0.3 is 0 Å². The van der Waals surface area contributed by atoms with E-state index in [0.717, 1.165) is 61.9 Å². The maximum Gasteiger partial charge on any atom is 0.236 e. The number of carbonyl (C=O) groups is 1. The van der Waals surface area contributed by atoms with E-state index in [1.165, 1.54) is 0 Å². The highest BCUT2D eigenvalue weighted by Gasteiger charge is 2.30. The van der Waals surface area contributed by atoms with Crippen LogP contribution in [-0.2, 0) is 11.3 Å². The number of amides is 1. The highest BCUT2D eigenvalue weighted by molar-refractivity contribution is 6.31. The highest BCUT2D eigenvalue weighted by Crippen LogP contribution is 2.25. The molecule has 1 atom stereocenters. The first-order valence-electron chi connectivity index (χ1n) is 8.22. The third-order valence-corrected chi connectivity index (χ3v) is 5.06. The minimum Gasteiger partial charge on any atom is -0.497 e. The van der Waals surface area contributed by atoms with Gasteiger partial charge in [-0.1, -0.05) is 11.6 Å². The molecule has 0 radical (unpaired) electrons. The van der Waals surface area contributed by atoms with E-state index in [1.54, 1.807) is 7.11 Å². The van der Waals surface area contributed by atoms with Crippen molar-refractivity contribution in [3.8, 4) is 5.75 Å². The van der Waals surface area contributed by atoms with Crippen LogP contribution in [-0.4, -0.2) is 61.6 Å². The zero-order chi connectivity index (χ0) is 16.2. The lowest BCUT2D eigenvalue weighted by molar-refractivity contribution is -0.135. The van der Waals surface area contributed by atoms with Crippen molar-refractivity contribution in [2.24, 2.45) is 0 Å². The van der Waals surface area contributed by atoms with Crippen LogP contribution in [0.4, 0.5) is 0 Å². The lowest BCUT2D eigenvalue weighted by Gasteiger charge is -2.41. The van der Waals surface area contributed by atoms with Crippen molar-refractivity contribution in [1.82, 2.24) is 15.1 Å². The molecule has 7 heteroatoms. The Hall–Kier alpha value is -1.01. The Morgan fingerprint density at radius 1 is 1.38 bits per heavy atom. The quantitative estimate of drug-likeness (QED) is 0.878. The van der Waals surface area contributed by atoms with Crippen LogP contribution in [0.2, 0.25) is 5.02 Å². The second-order valence-electron chi connectivity index (χ2n) is 6.25. The number of likely N-dealkylation sites (tertiary alicyclic amines) is 1. The van der Waals surface area contributed by atoms with Gasteiger partial charge in [0.25, 0.3) is 0 Å². The second-order valence-corrected chi connectivity index (χ2v) is 6.66. The van der Waals surface area contributed by atoms with Crippen LogP contribution < -0.4 is 10.1 Å². The maximum absolute atomic E-state index is 12.1. The molecular weight excluding hydrogens is 349 g/mol. The number of benzene rings is 1. The average Bonchev–Trinajstić information content (AvgIpc) is 2.57. The van der Waals surface area contributed by atoms with Crippen LogP contribution in [0, 0.1) is 0 Å². The SMILES string of the molecule is COc1ccc(Cl)c(CN2CCCC(N3CCNCC3=O)C2)c1.Cl. The fourth-order valence-corrected chi connectivity index (χ4v) is 3.65. The van der Waals surface area contributed by atoms with Crippen LogP contribution in [0.25, 0.3) is 0 Å². The third-order valence-electron chi connectivity index (χ3n) is 4.69. The molecular formula is C17H25Cl2N3O2. The number of hydrogen-bond donors (Lipinski definition) is 1. The van der Waals surface area contributed by atoms with E-state index >= 15 is 0 Å². The van der Waals surface area contributed by atoms with Crippen LogP contribution >= 0.6 is 24.0 Å². The summed E-state index contributed by atoms with van der Waals surface area (Å²) in [5.74, 6) is 1.05. The summed E-state index contributed by atoms with van der Waals surface area (Å²) in [6.07, 6.45) is 2.21. The number of rotatable bonds is 4. The van der Waals surface area contributed by atoms with Crippen LogP contribution in [0.1, 0.15) is 18.4 Å². The third kappa shape index (κ3) is 4.54. The zero-order valence-corrected chi connectivity index (χ0v) is 15.5. The molecule has 0 aliphatic carbocycles. The monoisotopic (exact) mass is 373 g/mol. The second kappa shape index (κ2) is 8.90. The predicted molar refractivity (Wildman–Crippen MR) is 98.1 cm³/mol. The zero-order valence-electron chi connectivity index (χ0n) is 14.0. The molecule has 0 spiro atoms. The van der Waals surface area contributed by atoms with Gasteiger partial charge in [0.05, 0.1) is 13.7 Å². The molecule has 2 fully saturated rings. The van der Waals surface area contributed by atoms with E-state index in [2.05, 4.69) is 15.1 Å². The summed E-state index contributed by atoms with van der Waals surface area (Å²) >= 11 is 6.33. The van der Waals surface area contributed by atoms with E-state index in [1.807, 2.05) is 18.2 Å². The molecule has 0 saturated carbocycles. The lowest BCUT2D eigenvalue weighted by Crippen LogP contribution is -2.56. The summed E-state index contributed by atoms with van der Waals surface area (Å²) in [6, 6.07) is 6.09. The molecule has 0 aromatic heterocycles. The molecule has 1 amide bonds. The molecule has 5 nitrogen and oxygen atoms in total. The summed E-state index contributed by atoms with van der Waals surface area (Å²) < 4.78 is 5.29. The number of carbonyl (C=O) groups excluding carboxylic acids is 1. The Labute approximate surface area is 154 Å². The standard InChI is InChI=1S/C17H24ClN3O2.ClH/c1-23-15-4-5-16(18)13(9-15)11-20-7-2-3-14(12-20)21-8-6-19-10-17(21)22;/h4-5,9,14,19H,2-3,6-8,10-12H2,1H3;1H. The molecule has 2 heterocycles. The highest BCUT2D eigenvalue weighted by atomic mass is 35.5. The minimum absolute atomic E-state index is 0. The van der Waals surface area contributed by atoms with Gasteiger partial charge in [-0.2, -0.15) is 0 Å². The number of hydrogen-bond acceptors (Lipinski definition) is 4. The molecule has 24 heavy (non-hydrogen) atoms. The summed E-state index contributed by atoms with van der Waals surface area (Å²) in [4.78, 5) is 16.5. The molecule has 1 aromatic rings. The van der Waals surface area contributed by atoms with Crippen molar-refractivity contribution in [2.75, 3.05) is 39.8 Å². The van der Waals surface area contributed by atoms with Crippen molar-refractivity contribution in [2.45, 2.75) is 25.4 Å². The fourth-order valence-electron chi connectivity index (χ4n) is 3.48. The first-order valence-corrected chi connectivity index (χ1v) is 8.60. The van der Waals surface area contributed by atoms with Crippen molar-refractivity contribution in [3.05, 3.63) is 28.8 Å². The Morgan fingerprint density at radius 3 is 2.96 bits per heavy atom. The molecule has 2 aliphatic rings. The minimum atomic E-state index is 0. The molecule has 1 unspecified atom stereocenters. The average molecular weight is 374 g/mol. The Kier molecular flexibility index (Phi) is 7.16. The van der Waals surface area contributed by atoms with Gasteiger partial charge in [-0.15, -0.1) is 12.4 Å². The smallest absolute Gasteiger partial charge is 0.236 e. The van der Waals surface area contributed by atoms with Crippen molar-refractivity contribution < 1.29 is 9.53 Å². The molecule has 1 N–H and O–H groups in total. The first kappa shape index (κ1) is 19.3. The van der Waals surface area contributed by atoms with Gasteiger partial charge in [-0.3, -0.25) is 9.69 Å². The molecule has 134 valence electrons. The number of ether oxygens (including phenoxy) is 1. The molecule has 1 aromatic carbocycles. The van der Waals surface area contributed by atoms with E-state index in [-0.39, 0.29) is 18.3 Å². The van der Waals surface area contributed by atoms with Crippen molar-refractivity contribution in [1.29, 1.82) is 0 Å². The molecule has 3 rings (SSSR count). The van der Waals surface area contributed by atoms with Gasteiger partial charge in [0.2, 0.25) is 5.91 Å². The first-order chi connectivity index (χ1) is 11.2. The van der Waals surface area contributed by atoms with E-state index < -0.39 is 0 Å². The maximum atomic E-state index is 12.1. The topological polar surface area (TPSA) is 44.8 Å². The summed E-state index contributed by atoms with van der Waals surface area (Å²) in [6.45, 7) is 4.94. The van der Waals surface area contributed by atoms with Crippen LogP contribution in [0.15, 0.2) is 18.2 Å². The summed E-state index contributed by atoms with van der Waals surface area (Å²) in [7, 11) is 1.67. The van der Waals surface area contributed by atoms with Crippen molar-refractivity contribution in [3.63, 3.8) is 0 Å². The Bertz CT molecular complexity index is 571. The van der Waals surface area contributed by atoms with Crippen LogP contribution in [0.3, 0.4) is 0 Å². The number of nitrogens with zero attached hydrogens (tertiary/aromatic N) is 2. The Morgan fingerprint density at radius 2 is 2.21 bits per heavy atom. The van der Waals surface area contributed by atoms with E-state index in [4.69, 9.17) is 16.3 Å². The van der Waals surface area contributed by atoms with Gasteiger partial charge < -0.3 is 15.0 Å². The number of methoxy groups -OCH3 is 1. The van der Waals surface area contributed by atoms with E-state index in [9.17, 15) is 4.79 Å². The van der Waals surface area contributed by atoms with Gasteiger partial charge in [0.1, 0.15) is 5.75 Å². The number of nitrogens with one attached hydrogen (secondary N) is 1. The molecule has 0 bridgehead atoms. The van der Waals surface area contributed by atoms with Gasteiger partial charge in [0.15, 0.2) is 0 Å². The van der Waals surface area contributed by atoms with Gasteiger partial charge in [-0.25, -0.2) is 0 Å². The van der Waals surface area contributed by atoms with E-state index in [0.29, 0.717) is 12.6 Å². The number of halogens is 2. The summed E-state index contributed by atoms with van der Waals surface area (Å²) in [5, 5.41) is 3.91. The number of piperazine rings is 1. The molecule has 2 saturated heterocycles. The summed E-state index contributed by atoms with van der Waals surface area (Å²) in [5.41, 5.74) is 1.08. The lowest BCUT2D eigenvalue weighted by atomic mass is 10.0. The van der Waals surface area contributed by atoms with Gasteiger partial charge in [0, 0.05) is 37.2 Å². The predicted octanol–water partition coefficient (Wildman–Crippen LogP) is 2.17. The molecule has 2 aliphatic heterocycles. The largest absolute Gasteiger partial charge is 0.497 e.